The van der Waals surface area contributed by atoms with E-state index in [1.165, 1.54) is 4.90 Å². The van der Waals surface area contributed by atoms with Gasteiger partial charge < -0.3 is 10.2 Å². The molecule has 214 valence electrons. The minimum absolute atomic E-state index is 0.0731. The first-order chi connectivity index (χ1) is 18.8. The van der Waals surface area contributed by atoms with E-state index in [1.807, 2.05) is 46.8 Å². The van der Waals surface area contributed by atoms with Gasteiger partial charge in [0.1, 0.15) is 12.6 Å². The van der Waals surface area contributed by atoms with E-state index in [1.54, 1.807) is 61.5 Å². The molecule has 0 aliphatic rings. The standard InChI is InChI=1S/C31H38ClN3O4S/c1-7-24(5)33-31(37)25(6)34(19-26-11-13-27(32)14-12-26)30(36)20-35(29-17-10-22(3)18-23(29)4)40(38,39)28-15-8-21(2)9-16-28/h8-18,24-25H,7,19-20H2,1-6H3,(H,33,37). The molecule has 0 aliphatic carbocycles. The van der Waals surface area contributed by atoms with E-state index in [0.717, 1.165) is 33.0 Å². The molecule has 0 saturated carbocycles. The van der Waals surface area contributed by atoms with Gasteiger partial charge in [-0.05, 0) is 82.5 Å². The van der Waals surface area contributed by atoms with Crippen molar-refractivity contribution in [1.82, 2.24) is 10.2 Å². The first-order valence-electron chi connectivity index (χ1n) is 13.3. The minimum Gasteiger partial charge on any atom is -0.352 e. The molecule has 2 atom stereocenters. The summed E-state index contributed by atoms with van der Waals surface area (Å²) in [6.45, 7) is 10.8. The quantitative estimate of drug-likeness (QED) is 0.309. The normalized spacial score (nSPS) is 12.9. The molecule has 3 aromatic carbocycles. The molecule has 0 saturated heterocycles. The van der Waals surface area contributed by atoms with Gasteiger partial charge in [-0.1, -0.05) is 66.0 Å². The number of nitrogens with zero attached hydrogens (tertiary/aromatic N) is 2. The van der Waals surface area contributed by atoms with Gasteiger partial charge >= 0.3 is 0 Å². The molecule has 40 heavy (non-hydrogen) atoms. The second kappa shape index (κ2) is 13.3. The van der Waals surface area contributed by atoms with E-state index in [0.29, 0.717) is 10.7 Å². The smallest absolute Gasteiger partial charge is 0.264 e. The van der Waals surface area contributed by atoms with Crippen LogP contribution in [0.15, 0.2) is 71.6 Å². The Hall–Kier alpha value is -3.36. The third-order valence-electron chi connectivity index (χ3n) is 6.94. The van der Waals surface area contributed by atoms with E-state index < -0.39 is 28.5 Å². The fraction of sp³-hybridized carbons (Fsp3) is 0.355. The number of hydrogen-bond donors (Lipinski definition) is 1. The van der Waals surface area contributed by atoms with Gasteiger partial charge in [-0.25, -0.2) is 8.42 Å². The second-order valence-corrected chi connectivity index (χ2v) is 12.6. The molecule has 2 unspecified atom stereocenters. The second-order valence-electron chi connectivity index (χ2n) is 10.3. The van der Waals surface area contributed by atoms with Crippen molar-refractivity contribution in [3.8, 4) is 0 Å². The number of hydrogen-bond acceptors (Lipinski definition) is 4. The zero-order valence-electron chi connectivity index (χ0n) is 23.9. The SMILES string of the molecule is CCC(C)NC(=O)C(C)N(Cc1ccc(Cl)cc1)C(=O)CN(c1ccc(C)cc1C)S(=O)(=O)c1ccc(C)cc1. The van der Waals surface area contributed by atoms with Crippen LogP contribution in [0.1, 0.15) is 49.4 Å². The summed E-state index contributed by atoms with van der Waals surface area (Å²) < 4.78 is 29.1. The summed E-state index contributed by atoms with van der Waals surface area (Å²) in [5.41, 5.74) is 3.78. The van der Waals surface area contributed by atoms with Crippen LogP contribution in [0.5, 0.6) is 0 Å². The van der Waals surface area contributed by atoms with E-state index in [9.17, 15) is 18.0 Å². The van der Waals surface area contributed by atoms with Crippen LogP contribution in [0, 0.1) is 20.8 Å². The zero-order valence-corrected chi connectivity index (χ0v) is 25.5. The van der Waals surface area contributed by atoms with Gasteiger partial charge in [-0.15, -0.1) is 0 Å². The molecule has 0 aromatic heterocycles. The molecule has 1 N–H and O–H groups in total. The summed E-state index contributed by atoms with van der Waals surface area (Å²) in [4.78, 5) is 28.7. The minimum atomic E-state index is -4.11. The van der Waals surface area contributed by atoms with E-state index in [-0.39, 0.29) is 23.4 Å². The molecule has 3 aromatic rings. The lowest BCUT2D eigenvalue weighted by Gasteiger charge is -2.33. The summed E-state index contributed by atoms with van der Waals surface area (Å²) in [5.74, 6) is -0.812. The topological polar surface area (TPSA) is 86.8 Å². The Labute approximate surface area is 243 Å². The number of benzene rings is 3. The predicted octanol–water partition coefficient (Wildman–Crippen LogP) is 5.79. The predicted molar refractivity (Wildman–Crippen MR) is 161 cm³/mol. The van der Waals surface area contributed by atoms with E-state index >= 15 is 0 Å². The number of halogens is 1. The van der Waals surface area contributed by atoms with Gasteiger partial charge in [0.05, 0.1) is 10.6 Å². The van der Waals surface area contributed by atoms with Crippen molar-refractivity contribution in [3.05, 3.63) is 94.0 Å². The van der Waals surface area contributed by atoms with Crippen molar-refractivity contribution >= 4 is 39.1 Å². The Morgan fingerprint density at radius 2 is 1.50 bits per heavy atom. The summed E-state index contributed by atoms with van der Waals surface area (Å²) in [6, 6.07) is 18.0. The fourth-order valence-corrected chi connectivity index (χ4v) is 5.88. The highest BCUT2D eigenvalue weighted by molar-refractivity contribution is 7.92. The fourth-order valence-electron chi connectivity index (χ4n) is 4.27. The summed E-state index contributed by atoms with van der Waals surface area (Å²) in [6.07, 6.45) is 0.735. The number of anilines is 1. The van der Waals surface area contributed by atoms with Crippen molar-refractivity contribution in [2.45, 2.75) is 71.5 Å². The molecular weight excluding hydrogens is 546 g/mol. The molecule has 0 heterocycles. The molecule has 0 bridgehead atoms. The Morgan fingerprint density at radius 3 is 2.08 bits per heavy atom. The highest BCUT2D eigenvalue weighted by atomic mass is 35.5. The molecule has 0 radical (unpaired) electrons. The highest BCUT2D eigenvalue weighted by Crippen LogP contribution is 2.28. The van der Waals surface area contributed by atoms with Gasteiger partial charge in [0.2, 0.25) is 11.8 Å². The van der Waals surface area contributed by atoms with Gasteiger partial charge in [-0.2, -0.15) is 0 Å². The van der Waals surface area contributed by atoms with E-state index in [2.05, 4.69) is 5.32 Å². The molecule has 2 amide bonds. The number of carbonyl (C=O) groups is 2. The van der Waals surface area contributed by atoms with Crippen LogP contribution < -0.4 is 9.62 Å². The van der Waals surface area contributed by atoms with Crippen molar-refractivity contribution in [2.24, 2.45) is 0 Å². The summed E-state index contributed by atoms with van der Waals surface area (Å²) in [7, 11) is -4.11. The number of aryl methyl sites for hydroxylation is 3. The third kappa shape index (κ3) is 7.64. The van der Waals surface area contributed by atoms with Crippen LogP contribution in [0.3, 0.4) is 0 Å². The van der Waals surface area contributed by atoms with Crippen LogP contribution in [0.4, 0.5) is 5.69 Å². The molecule has 0 aliphatic heterocycles. The van der Waals surface area contributed by atoms with Crippen molar-refractivity contribution in [3.63, 3.8) is 0 Å². The van der Waals surface area contributed by atoms with Crippen molar-refractivity contribution < 1.29 is 18.0 Å². The number of sulfonamides is 1. The first kappa shape index (κ1) is 31.2. The first-order valence-corrected chi connectivity index (χ1v) is 15.2. The van der Waals surface area contributed by atoms with Crippen LogP contribution in [-0.4, -0.2) is 43.8 Å². The monoisotopic (exact) mass is 583 g/mol. The van der Waals surface area contributed by atoms with Gasteiger partial charge in [0.25, 0.3) is 10.0 Å². The van der Waals surface area contributed by atoms with Gasteiger partial charge in [-0.3, -0.25) is 13.9 Å². The largest absolute Gasteiger partial charge is 0.352 e. The maximum absolute atomic E-state index is 14.0. The molecular formula is C31H38ClN3O4S. The van der Waals surface area contributed by atoms with Crippen LogP contribution in [-0.2, 0) is 26.2 Å². The summed E-state index contributed by atoms with van der Waals surface area (Å²) in [5, 5.41) is 3.49. The lowest BCUT2D eigenvalue weighted by molar-refractivity contribution is -0.139. The van der Waals surface area contributed by atoms with E-state index in [4.69, 9.17) is 11.6 Å². The molecule has 0 fully saturated rings. The molecule has 0 spiro atoms. The van der Waals surface area contributed by atoms with Crippen LogP contribution in [0.2, 0.25) is 5.02 Å². The van der Waals surface area contributed by atoms with Crippen LogP contribution >= 0.6 is 11.6 Å². The number of carbonyl (C=O) groups excluding carboxylic acids is 2. The Morgan fingerprint density at radius 1 is 0.900 bits per heavy atom. The number of amides is 2. The van der Waals surface area contributed by atoms with Crippen LogP contribution in [0.25, 0.3) is 0 Å². The van der Waals surface area contributed by atoms with Crippen molar-refractivity contribution in [1.29, 1.82) is 0 Å². The Bertz CT molecular complexity index is 1440. The van der Waals surface area contributed by atoms with Gasteiger partial charge in [0, 0.05) is 17.6 Å². The highest BCUT2D eigenvalue weighted by Gasteiger charge is 2.33. The Kier molecular flexibility index (Phi) is 10.4. The number of nitrogens with one attached hydrogen (secondary N) is 1. The lowest BCUT2D eigenvalue weighted by Crippen LogP contribution is -2.52. The molecule has 7 nitrogen and oxygen atoms in total. The average molecular weight is 584 g/mol. The average Bonchev–Trinajstić information content (AvgIpc) is 2.91. The van der Waals surface area contributed by atoms with Gasteiger partial charge in [0.15, 0.2) is 0 Å². The van der Waals surface area contributed by atoms with Crippen molar-refractivity contribution in [2.75, 3.05) is 10.8 Å². The number of rotatable bonds is 11. The summed E-state index contributed by atoms with van der Waals surface area (Å²) >= 11 is 6.06. The maximum Gasteiger partial charge on any atom is 0.264 e. The maximum atomic E-state index is 14.0. The zero-order chi connectivity index (χ0) is 29.6. The Balaban J connectivity index is 2.05. The third-order valence-corrected chi connectivity index (χ3v) is 8.97. The molecule has 3 rings (SSSR count). The molecule has 9 heteroatoms. The lowest BCUT2D eigenvalue weighted by atomic mass is 10.1.